The molecule has 1 amide bonds. The Hall–Kier alpha value is -3.00. The lowest BCUT2D eigenvalue weighted by molar-refractivity contribution is -0.118. The van der Waals surface area contributed by atoms with E-state index in [4.69, 9.17) is 9.47 Å². The number of carbonyl (C=O) groups is 1. The number of hydrogen-bond acceptors (Lipinski definition) is 4. The molecule has 0 heterocycles. The second kappa shape index (κ2) is 7.85. The second-order valence-corrected chi connectivity index (χ2v) is 4.92. The fourth-order valence-corrected chi connectivity index (χ4v) is 2.22. The monoisotopic (exact) mass is 310 g/mol. The molecule has 0 aliphatic carbocycles. The van der Waals surface area contributed by atoms with Crippen molar-refractivity contribution < 1.29 is 14.3 Å². The molecule has 2 rings (SSSR count). The summed E-state index contributed by atoms with van der Waals surface area (Å²) >= 11 is 0. The third-order valence-corrected chi connectivity index (χ3v) is 3.43. The van der Waals surface area contributed by atoms with Crippen LogP contribution in [0.4, 0.5) is 5.69 Å². The normalized spacial score (nSPS) is 11.2. The maximum absolute atomic E-state index is 12.3. The van der Waals surface area contributed by atoms with Crippen LogP contribution >= 0.6 is 0 Å². The van der Waals surface area contributed by atoms with E-state index >= 15 is 0 Å². The number of para-hydroxylation sites is 1. The van der Waals surface area contributed by atoms with Crippen molar-refractivity contribution in [2.45, 2.75) is 6.42 Å². The molecule has 0 bridgehead atoms. The van der Waals surface area contributed by atoms with Gasteiger partial charge in [0.15, 0.2) is 0 Å². The minimum Gasteiger partial charge on any atom is -0.497 e. The van der Waals surface area contributed by atoms with Gasteiger partial charge in [0.25, 0.3) is 0 Å². The number of rotatable bonds is 6. The SMILES string of the molecule is COc1cccc(NC(=O)[C@H](C#N)Cc2ccccc2OC)c1. The Morgan fingerprint density at radius 1 is 1.17 bits per heavy atom. The minimum absolute atomic E-state index is 0.288. The summed E-state index contributed by atoms with van der Waals surface area (Å²) in [6, 6.07) is 16.4. The van der Waals surface area contributed by atoms with E-state index in [0.29, 0.717) is 17.2 Å². The number of benzene rings is 2. The lowest BCUT2D eigenvalue weighted by atomic mass is 9.99. The molecule has 0 saturated heterocycles. The number of nitriles is 1. The molecule has 0 aliphatic rings. The van der Waals surface area contributed by atoms with Crippen molar-refractivity contribution in [3.05, 3.63) is 54.1 Å². The Bertz CT molecular complexity index is 722. The third kappa shape index (κ3) is 4.24. The van der Waals surface area contributed by atoms with Crippen LogP contribution in [0.25, 0.3) is 0 Å². The molecule has 5 heteroatoms. The minimum atomic E-state index is -0.808. The van der Waals surface area contributed by atoms with Gasteiger partial charge in [-0.3, -0.25) is 4.79 Å². The Kier molecular flexibility index (Phi) is 5.59. The van der Waals surface area contributed by atoms with E-state index in [1.807, 2.05) is 24.3 Å². The van der Waals surface area contributed by atoms with Crippen LogP contribution in [0.2, 0.25) is 0 Å². The molecule has 2 aromatic carbocycles. The van der Waals surface area contributed by atoms with Crippen molar-refractivity contribution in [3.63, 3.8) is 0 Å². The van der Waals surface area contributed by atoms with Crippen LogP contribution in [-0.4, -0.2) is 20.1 Å². The zero-order valence-corrected chi connectivity index (χ0v) is 13.1. The molecule has 0 saturated carbocycles. The van der Waals surface area contributed by atoms with E-state index in [0.717, 1.165) is 5.56 Å². The van der Waals surface area contributed by atoms with Crippen molar-refractivity contribution in [2.75, 3.05) is 19.5 Å². The average molecular weight is 310 g/mol. The van der Waals surface area contributed by atoms with Gasteiger partial charge in [-0.15, -0.1) is 0 Å². The van der Waals surface area contributed by atoms with Crippen LogP contribution in [0, 0.1) is 17.2 Å². The van der Waals surface area contributed by atoms with E-state index in [1.54, 1.807) is 38.5 Å². The number of carbonyl (C=O) groups excluding carboxylic acids is 1. The molecular weight excluding hydrogens is 292 g/mol. The van der Waals surface area contributed by atoms with Gasteiger partial charge >= 0.3 is 0 Å². The Balaban J connectivity index is 2.11. The Morgan fingerprint density at radius 3 is 2.65 bits per heavy atom. The first-order valence-corrected chi connectivity index (χ1v) is 7.14. The summed E-state index contributed by atoms with van der Waals surface area (Å²) in [4.78, 5) is 12.3. The van der Waals surface area contributed by atoms with Crippen molar-refractivity contribution in [1.29, 1.82) is 5.26 Å². The van der Waals surface area contributed by atoms with Crippen LogP contribution in [0.15, 0.2) is 48.5 Å². The highest BCUT2D eigenvalue weighted by Crippen LogP contribution is 2.22. The number of amides is 1. The highest BCUT2D eigenvalue weighted by Gasteiger charge is 2.20. The van der Waals surface area contributed by atoms with E-state index in [9.17, 15) is 10.1 Å². The smallest absolute Gasteiger partial charge is 0.242 e. The predicted molar refractivity (Wildman–Crippen MR) is 87.4 cm³/mol. The van der Waals surface area contributed by atoms with Gasteiger partial charge in [0, 0.05) is 18.2 Å². The summed E-state index contributed by atoms with van der Waals surface area (Å²) in [5, 5.41) is 12.1. The zero-order valence-electron chi connectivity index (χ0n) is 13.1. The highest BCUT2D eigenvalue weighted by molar-refractivity contribution is 5.94. The molecule has 5 nitrogen and oxygen atoms in total. The molecule has 1 atom stereocenters. The van der Waals surface area contributed by atoms with Crippen LogP contribution in [0.3, 0.4) is 0 Å². The van der Waals surface area contributed by atoms with E-state index in [-0.39, 0.29) is 12.3 Å². The summed E-state index contributed by atoms with van der Waals surface area (Å²) in [5.41, 5.74) is 1.41. The maximum Gasteiger partial charge on any atom is 0.242 e. The molecule has 118 valence electrons. The summed E-state index contributed by atoms with van der Waals surface area (Å²) in [7, 11) is 3.12. The van der Waals surface area contributed by atoms with Gasteiger partial charge in [-0.25, -0.2) is 0 Å². The van der Waals surface area contributed by atoms with Crippen LogP contribution < -0.4 is 14.8 Å². The van der Waals surface area contributed by atoms with Crippen molar-refractivity contribution in [1.82, 2.24) is 0 Å². The lowest BCUT2D eigenvalue weighted by Gasteiger charge is -2.13. The second-order valence-electron chi connectivity index (χ2n) is 4.92. The Morgan fingerprint density at radius 2 is 1.96 bits per heavy atom. The van der Waals surface area contributed by atoms with Gasteiger partial charge in [-0.1, -0.05) is 24.3 Å². The van der Waals surface area contributed by atoms with Gasteiger partial charge in [0.05, 0.1) is 20.3 Å². The first-order valence-electron chi connectivity index (χ1n) is 7.14. The molecule has 0 fully saturated rings. The number of ether oxygens (including phenoxy) is 2. The van der Waals surface area contributed by atoms with Crippen LogP contribution in [-0.2, 0) is 11.2 Å². The van der Waals surface area contributed by atoms with Crippen molar-refractivity contribution in [2.24, 2.45) is 5.92 Å². The summed E-state index contributed by atoms with van der Waals surface area (Å²) in [6.07, 6.45) is 0.288. The first-order chi connectivity index (χ1) is 11.2. The van der Waals surface area contributed by atoms with E-state index in [1.165, 1.54) is 0 Å². The largest absolute Gasteiger partial charge is 0.497 e. The molecule has 1 N–H and O–H groups in total. The fourth-order valence-electron chi connectivity index (χ4n) is 2.22. The standard InChI is InChI=1S/C18H18N2O3/c1-22-16-8-5-7-15(11-16)20-18(21)14(12-19)10-13-6-3-4-9-17(13)23-2/h3-9,11,14H,10H2,1-2H3,(H,20,21)/t14-/m0/s1. The fraction of sp³-hybridized carbons (Fsp3) is 0.222. The molecule has 2 aromatic rings. The summed E-state index contributed by atoms with van der Waals surface area (Å²) in [6.45, 7) is 0. The first kappa shape index (κ1) is 16.4. The predicted octanol–water partition coefficient (Wildman–Crippen LogP) is 3.02. The number of hydrogen-bond donors (Lipinski definition) is 1. The van der Waals surface area contributed by atoms with Crippen LogP contribution in [0.1, 0.15) is 5.56 Å². The average Bonchev–Trinajstić information content (AvgIpc) is 2.60. The number of nitrogens with one attached hydrogen (secondary N) is 1. The van der Waals surface area contributed by atoms with E-state index < -0.39 is 5.92 Å². The lowest BCUT2D eigenvalue weighted by Crippen LogP contribution is -2.23. The summed E-state index contributed by atoms with van der Waals surface area (Å²) < 4.78 is 10.4. The van der Waals surface area contributed by atoms with Gasteiger partial charge in [0.1, 0.15) is 17.4 Å². The van der Waals surface area contributed by atoms with Gasteiger partial charge < -0.3 is 14.8 Å². The molecule has 23 heavy (non-hydrogen) atoms. The molecule has 0 spiro atoms. The molecule has 0 radical (unpaired) electrons. The van der Waals surface area contributed by atoms with Crippen molar-refractivity contribution in [3.8, 4) is 17.6 Å². The molecule has 0 unspecified atom stereocenters. The maximum atomic E-state index is 12.3. The molecular formula is C18H18N2O3. The quantitative estimate of drug-likeness (QED) is 0.890. The number of nitrogens with zero attached hydrogens (tertiary/aromatic N) is 1. The van der Waals surface area contributed by atoms with Crippen LogP contribution in [0.5, 0.6) is 11.5 Å². The molecule has 0 aliphatic heterocycles. The van der Waals surface area contributed by atoms with E-state index in [2.05, 4.69) is 11.4 Å². The molecule has 0 aromatic heterocycles. The number of methoxy groups -OCH3 is 2. The summed E-state index contributed by atoms with van der Waals surface area (Å²) in [5.74, 6) is 0.145. The number of anilines is 1. The topological polar surface area (TPSA) is 71.3 Å². The van der Waals surface area contributed by atoms with Gasteiger partial charge in [-0.05, 0) is 23.8 Å². The highest BCUT2D eigenvalue weighted by atomic mass is 16.5. The van der Waals surface area contributed by atoms with Gasteiger partial charge in [0.2, 0.25) is 5.91 Å². The zero-order chi connectivity index (χ0) is 16.7. The van der Waals surface area contributed by atoms with Gasteiger partial charge in [-0.2, -0.15) is 5.26 Å². The third-order valence-electron chi connectivity index (χ3n) is 3.43. The Labute approximate surface area is 135 Å². The van der Waals surface area contributed by atoms with Crippen molar-refractivity contribution >= 4 is 11.6 Å².